The van der Waals surface area contributed by atoms with Crippen molar-refractivity contribution in [3.05, 3.63) is 65.7 Å². The molecule has 0 saturated carbocycles. The lowest BCUT2D eigenvalue weighted by Crippen LogP contribution is -2.24. The molecule has 0 radical (unpaired) electrons. The molecule has 0 aliphatic heterocycles. The van der Waals surface area contributed by atoms with Gasteiger partial charge in [-0.05, 0) is 43.7 Å². The summed E-state index contributed by atoms with van der Waals surface area (Å²) in [4.78, 5) is 12.1. The van der Waals surface area contributed by atoms with Gasteiger partial charge in [-0.25, -0.2) is 0 Å². The third kappa shape index (κ3) is 4.88. The van der Waals surface area contributed by atoms with Gasteiger partial charge in [0, 0.05) is 11.6 Å². The fourth-order valence-corrected chi connectivity index (χ4v) is 2.33. The van der Waals surface area contributed by atoms with Gasteiger partial charge in [-0.3, -0.25) is 4.79 Å². The summed E-state index contributed by atoms with van der Waals surface area (Å²) in [6.45, 7) is 4.54. The maximum Gasteiger partial charge on any atom is 0.244 e. The zero-order valence-electron chi connectivity index (χ0n) is 14.3. The highest BCUT2D eigenvalue weighted by molar-refractivity contribution is 5.92. The summed E-state index contributed by atoms with van der Waals surface area (Å²) in [5.41, 5.74) is 1.89. The van der Waals surface area contributed by atoms with Crippen LogP contribution in [0.15, 0.2) is 54.6 Å². The van der Waals surface area contributed by atoms with Crippen molar-refractivity contribution in [3.63, 3.8) is 0 Å². The highest BCUT2D eigenvalue weighted by Gasteiger charge is 2.08. The van der Waals surface area contributed by atoms with Crippen LogP contribution in [0.3, 0.4) is 0 Å². The summed E-state index contributed by atoms with van der Waals surface area (Å²) >= 11 is 0. The predicted octanol–water partition coefficient (Wildman–Crippen LogP) is 3.98. The lowest BCUT2D eigenvalue weighted by Gasteiger charge is -2.13. The van der Waals surface area contributed by atoms with Crippen LogP contribution in [0.5, 0.6) is 11.5 Å². The van der Waals surface area contributed by atoms with E-state index in [0.717, 1.165) is 22.6 Å². The molecule has 2 rings (SSSR count). The van der Waals surface area contributed by atoms with Crippen LogP contribution in [0.25, 0.3) is 6.08 Å². The molecular formula is C20H23NO3. The Bertz CT molecular complexity index is 692. The Kier molecular flexibility index (Phi) is 6.43. The molecule has 0 unspecified atom stereocenters. The predicted molar refractivity (Wildman–Crippen MR) is 96.2 cm³/mol. The van der Waals surface area contributed by atoms with Gasteiger partial charge >= 0.3 is 0 Å². The van der Waals surface area contributed by atoms with Crippen molar-refractivity contribution in [3.8, 4) is 11.5 Å². The normalized spacial score (nSPS) is 12.0. The minimum absolute atomic E-state index is 0.0875. The Hall–Kier alpha value is -2.75. The van der Waals surface area contributed by atoms with Gasteiger partial charge in [0.25, 0.3) is 0 Å². The number of hydrogen-bond acceptors (Lipinski definition) is 3. The third-order valence-corrected chi connectivity index (χ3v) is 3.60. The topological polar surface area (TPSA) is 47.6 Å². The SMILES string of the molecule is CCOc1ccc([C@@H](C)NC(=O)/C=C/c2ccccc2OC)cc1. The summed E-state index contributed by atoms with van der Waals surface area (Å²) in [6.07, 6.45) is 3.27. The van der Waals surface area contributed by atoms with Crippen LogP contribution in [0.1, 0.15) is 31.0 Å². The Morgan fingerprint density at radius 3 is 2.54 bits per heavy atom. The van der Waals surface area contributed by atoms with Gasteiger partial charge in [0.2, 0.25) is 5.91 Å². The van der Waals surface area contributed by atoms with Crippen LogP contribution in [-0.2, 0) is 4.79 Å². The molecule has 0 aromatic heterocycles. The number of methoxy groups -OCH3 is 1. The summed E-state index contributed by atoms with van der Waals surface area (Å²) in [5.74, 6) is 1.42. The summed E-state index contributed by atoms with van der Waals surface area (Å²) in [5, 5.41) is 2.95. The van der Waals surface area contributed by atoms with E-state index in [1.165, 1.54) is 6.08 Å². The first-order valence-electron chi connectivity index (χ1n) is 7.98. The van der Waals surface area contributed by atoms with Gasteiger partial charge in [-0.15, -0.1) is 0 Å². The lowest BCUT2D eigenvalue weighted by atomic mass is 10.1. The molecule has 0 aliphatic carbocycles. The summed E-state index contributed by atoms with van der Waals surface area (Å²) in [7, 11) is 1.61. The third-order valence-electron chi connectivity index (χ3n) is 3.60. The second-order valence-electron chi connectivity index (χ2n) is 5.31. The standard InChI is InChI=1S/C20H23NO3/c1-4-24-18-12-9-16(10-13-18)15(2)21-20(22)14-11-17-7-5-6-8-19(17)23-3/h5-15H,4H2,1-3H3,(H,21,22)/b14-11+/t15-/m1/s1. The first kappa shape index (κ1) is 17.6. The maximum absolute atomic E-state index is 12.1. The van der Waals surface area contributed by atoms with E-state index in [4.69, 9.17) is 9.47 Å². The van der Waals surface area contributed by atoms with Crippen LogP contribution in [0.2, 0.25) is 0 Å². The Morgan fingerprint density at radius 2 is 1.88 bits per heavy atom. The quantitative estimate of drug-likeness (QED) is 0.783. The second kappa shape index (κ2) is 8.77. The van der Waals surface area contributed by atoms with Gasteiger partial charge in [-0.1, -0.05) is 30.3 Å². The number of carbonyl (C=O) groups excluding carboxylic acids is 1. The van der Waals surface area contributed by atoms with Crippen LogP contribution in [0.4, 0.5) is 0 Å². The summed E-state index contributed by atoms with van der Waals surface area (Å²) in [6, 6.07) is 15.2. The Morgan fingerprint density at radius 1 is 1.17 bits per heavy atom. The number of carbonyl (C=O) groups is 1. The fourth-order valence-electron chi connectivity index (χ4n) is 2.33. The molecule has 2 aromatic carbocycles. The van der Waals surface area contributed by atoms with Gasteiger partial charge in [0.05, 0.1) is 19.8 Å². The van der Waals surface area contributed by atoms with Gasteiger partial charge in [-0.2, -0.15) is 0 Å². The maximum atomic E-state index is 12.1. The highest BCUT2D eigenvalue weighted by Crippen LogP contribution is 2.19. The van der Waals surface area contributed by atoms with E-state index in [-0.39, 0.29) is 11.9 Å². The van der Waals surface area contributed by atoms with E-state index in [9.17, 15) is 4.79 Å². The molecule has 1 amide bonds. The van der Waals surface area contributed by atoms with E-state index in [1.807, 2.05) is 62.4 Å². The Balaban J connectivity index is 1.97. The van der Waals surface area contributed by atoms with Gasteiger partial charge in [0.1, 0.15) is 11.5 Å². The van der Waals surface area contributed by atoms with Crippen molar-refractivity contribution in [2.24, 2.45) is 0 Å². The molecular weight excluding hydrogens is 302 g/mol. The molecule has 0 fully saturated rings. The number of hydrogen-bond donors (Lipinski definition) is 1. The second-order valence-corrected chi connectivity index (χ2v) is 5.31. The number of benzene rings is 2. The number of amides is 1. The van der Waals surface area contributed by atoms with E-state index in [1.54, 1.807) is 13.2 Å². The average Bonchev–Trinajstić information content (AvgIpc) is 2.61. The van der Waals surface area contributed by atoms with Crippen molar-refractivity contribution in [2.45, 2.75) is 19.9 Å². The monoisotopic (exact) mass is 325 g/mol. The van der Waals surface area contributed by atoms with Crippen molar-refractivity contribution >= 4 is 12.0 Å². The van der Waals surface area contributed by atoms with Crippen LogP contribution in [0, 0.1) is 0 Å². The van der Waals surface area contributed by atoms with E-state index in [2.05, 4.69) is 5.32 Å². The van der Waals surface area contributed by atoms with E-state index >= 15 is 0 Å². The number of ether oxygens (including phenoxy) is 2. The molecule has 2 aromatic rings. The number of para-hydroxylation sites is 1. The molecule has 0 heterocycles. The molecule has 0 spiro atoms. The summed E-state index contributed by atoms with van der Waals surface area (Å²) < 4.78 is 10.7. The zero-order valence-corrected chi connectivity index (χ0v) is 14.3. The minimum Gasteiger partial charge on any atom is -0.496 e. The van der Waals surface area contributed by atoms with Crippen LogP contribution < -0.4 is 14.8 Å². The van der Waals surface area contributed by atoms with Crippen molar-refractivity contribution in [1.29, 1.82) is 0 Å². The van der Waals surface area contributed by atoms with Crippen molar-refractivity contribution < 1.29 is 14.3 Å². The molecule has 126 valence electrons. The molecule has 0 bridgehead atoms. The smallest absolute Gasteiger partial charge is 0.244 e. The molecule has 0 saturated heterocycles. The first-order valence-corrected chi connectivity index (χ1v) is 7.98. The van der Waals surface area contributed by atoms with Crippen molar-refractivity contribution in [1.82, 2.24) is 5.32 Å². The van der Waals surface area contributed by atoms with E-state index < -0.39 is 0 Å². The van der Waals surface area contributed by atoms with Gasteiger partial charge < -0.3 is 14.8 Å². The zero-order chi connectivity index (χ0) is 17.4. The highest BCUT2D eigenvalue weighted by atomic mass is 16.5. The Labute approximate surface area is 143 Å². The fraction of sp³-hybridized carbons (Fsp3) is 0.250. The lowest BCUT2D eigenvalue weighted by molar-refractivity contribution is -0.117. The average molecular weight is 325 g/mol. The van der Waals surface area contributed by atoms with Gasteiger partial charge in [0.15, 0.2) is 0 Å². The molecule has 1 atom stereocenters. The first-order chi connectivity index (χ1) is 11.6. The van der Waals surface area contributed by atoms with Crippen LogP contribution in [-0.4, -0.2) is 19.6 Å². The molecule has 1 N–H and O–H groups in total. The minimum atomic E-state index is -0.151. The van der Waals surface area contributed by atoms with Crippen LogP contribution >= 0.6 is 0 Å². The molecule has 4 nitrogen and oxygen atoms in total. The van der Waals surface area contributed by atoms with Crippen molar-refractivity contribution in [2.75, 3.05) is 13.7 Å². The number of rotatable bonds is 7. The molecule has 0 aliphatic rings. The molecule has 24 heavy (non-hydrogen) atoms. The number of nitrogens with one attached hydrogen (secondary N) is 1. The largest absolute Gasteiger partial charge is 0.496 e. The molecule has 4 heteroatoms. The van der Waals surface area contributed by atoms with E-state index in [0.29, 0.717) is 6.61 Å².